The van der Waals surface area contributed by atoms with Crippen molar-refractivity contribution in [3.05, 3.63) is 58.7 Å². The molecule has 0 aliphatic heterocycles. The summed E-state index contributed by atoms with van der Waals surface area (Å²) in [6.07, 6.45) is 22.4. The van der Waals surface area contributed by atoms with Crippen LogP contribution in [0.25, 0.3) is 11.1 Å². The van der Waals surface area contributed by atoms with E-state index in [4.69, 9.17) is 0 Å². The molecule has 3 aliphatic rings. The minimum Gasteiger partial charge on any atom is -0.198 e. The van der Waals surface area contributed by atoms with Crippen LogP contribution in [0, 0.1) is 46.3 Å². The number of hydrogen-bond donors (Lipinski definition) is 0. The molecule has 0 aromatic heterocycles. The van der Waals surface area contributed by atoms with Crippen molar-refractivity contribution in [1.82, 2.24) is 0 Å². The van der Waals surface area contributed by atoms with Gasteiger partial charge in [0.1, 0.15) is 0 Å². The first-order valence-corrected chi connectivity index (χ1v) is 17.2. The molecule has 2 fully saturated rings. The normalized spacial score (nSPS) is 18.2. The molecule has 2 heteroatoms. The van der Waals surface area contributed by atoms with Gasteiger partial charge in [0.15, 0.2) is 0 Å². The van der Waals surface area contributed by atoms with Crippen LogP contribution in [0.1, 0.15) is 139 Å². The van der Waals surface area contributed by atoms with E-state index in [0.717, 1.165) is 11.8 Å². The van der Waals surface area contributed by atoms with Crippen molar-refractivity contribution in [2.75, 3.05) is 0 Å². The lowest BCUT2D eigenvalue weighted by molar-refractivity contribution is 0.149. The zero-order valence-corrected chi connectivity index (χ0v) is 25.9. The Hall–Kier alpha value is -2.58. The van der Waals surface area contributed by atoms with Crippen molar-refractivity contribution in [3.8, 4) is 23.3 Å². The first-order valence-electron chi connectivity index (χ1n) is 17.2. The van der Waals surface area contributed by atoms with Gasteiger partial charge in [-0.25, -0.2) is 0 Å². The van der Waals surface area contributed by atoms with E-state index in [0.29, 0.717) is 24.7 Å². The summed E-state index contributed by atoms with van der Waals surface area (Å²) in [5, 5.41) is 19.4. The number of hydrogen-bond acceptors (Lipinski definition) is 2. The molecule has 2 aromatic rings. The molecule has 2 saturated carbocycles. The van der Waals surface area contributed by atoms with E-state index in [1.807, 2.05) is 0 Å². The van der Waals surface area contributed by atoms with Crippen LogP contribution < -0.4 is 0 Å². The Bertz CT molecular complexity index is 1140. The number of fused-ring (bicyclic) bond motifs is 3. The Kier molecular flexibility index (Phi) is 10.3. The average molecular weight is 549 g/mol. The van der Waals surface area contributed by atoms with E-state index in [9.17, 15) is 10.5 Å². The fourth-order valence-corrected chi connectivity index (χ4v) is 8.56. The topological polar surface area (TPSA) is 47.6 Å². The maximum absolute atomic E-state index is 9.68. The van der Waals surface area contributed by atoms with Gasteiger partial charge in [-0.2, -0.15) is 10.5 Å². The van der Waals surface area contributed by atoms with E-state index in [-0.39, 0.29) is 5.41 Å². The molecule has 3 aliphatic carbocycles. The molecule has 0 radical (unpaired) electrons. The van der Waals surface area contributed by atoms with Gasteiger partial charge < -0.3 is 0 Å². The summed E-state index contributed by atoms with van der Waals surface area (Å²) in [4.78, 5) is 0. The Morgan fingerprint density at radius 3 is 1.41 bits per heavy atom. The van der Waals surface area contributed by atoms with Crippen LogP contribution in [0.15, 0.2) is 36.4 Å². The van der Waals surface area contributed by atoms with E-state index < -0.39 is 0 Å². The molecule has 5 rings (SSSR count). The molecule has 0 spiro atoms. The lowest BCUT2D eigenvalue weighted by Gasteiger charge is -2.47. The van der Waals surface area contributed by atoms with E-state index in [1.165, 1.54) is 125 Å². The number of nitriles is 2. The third-order valence-corrected chi connectivity index (χ3v) is 10.7. The number of benzene rings is 2. The molecule has 41 heavy (non-hydrogen) atoms. The Labute approximate surface area is 250 Å². The van der Waals surface area contributed by atoms with Crippen molar-refractivity contribution in [3.63, 3.8) is 0 Å². The van der Waals surface area contributed by atoms with Crippen molar-refractivity contribution in [2.45, 2.75) is 135 Å². The highest BCUT2D eigenvalue weighted by Gasteiger charge is 2.59. The molecule has 218 valence electrons. The monoisotopic (exact) mass is 548 g/mol. The molecular formula is C39H52N2. The summed E-state index contributed by atoms with van der Waals surface area (Å²) in [6.45, 7) is 4.62. The molecule has 2 unspecified atom stereocenters. The lowest BCUT2D eigenvalue weighted by Crippen LogP contribution is -2.44. The predicted octanol–water partition coefficient (Wildman–Crippen LogP) is 10.9. The van der Waals surface area contributed by atoms with E-state index in [1.54, 1.807) is 11.1 Å². The molecule has 0 heterocycles. The van der Waals surface area contributed by atoms with Crippen LogP contribution >= 0.6 is 0 Å². The highest BCUT2D eigenvalue weighted by Crippen LogP contribution is 2.66. The summed E-state index contributed by atoms with van der Waals surface area (Å²) in [6, 6.07) is 19.0. The second-order valence-electron chi connectivity index (χ2n) is 13.6. The Morgan fingerprint density at radius 1 is 0.634 bits per heavy atom. The van der Waals surface area contributed by atoms with Crippen molar-refractivity contribution in [2.24, 2.45) is 23.7 Å². The molecule has 2 atom stereocenters. The number of unbranched alkanes of at least 4 members (excludes halogenated alkanes) is 8. The fraction of sp³-hybridized carbons (Fsp3) is 0.641. The number of nitrogens with zero attached hydrogens (tertiary/aromatic N) is 2. The van der Waals surface area contributed by atoms with E-state index in [2.05, 4.69) is 62.4 Å². The van der Waals surface area contributed by atoms with Crippen LogP contribution in [0.4, 0.5) is 0 Å². The van der Waals surface area contributed by atoms with Crippen molar-refractivity contribution < 1.29 is 0 Å². The highest BCUT2D eigenvalue weighted by molar-refractivity contribution is 5.82. The van der Waals surface area contributed by atoms with Gasteiger partial charge in [0.25, 0.3) is 0 Å². The zero-order valence-electron chi connectivity index (χ0n) is 25.9. The molecule has 2 nitrogen and oxygen atoms in total. The third-order valence-electron chi connectivity index (χ3n) is 10.7. The van der Waals surface area contributed by atoms with Crippen LogP contribution in [-0.2, 0) is 18.3 Å². The van der Waals surface area contributed by atoms with Crippen molar-refractivity contribution >= 4 is 0 Å². The largest absolute Gasteiger partial charge is 0.198 e. The lowest BCUT2D eigenvalue weighted by atomic mass is 9.55. The van der Waals surface area contributed by atoms with Gasteiger partial charge in [-0.15, -0.1) is 0 Å². The number of rotatable bonds is 18. The minimum atomic E-state index is 0.0133. The maximum atomic E-state index is 9.68. The first-order chi connectivity index (χ1) is 20.2. The van der Waals surface area contributed by atoms with Crippen LogP contribution in [-0.4, -0.2) is 0 Å². The Balaban J connectivity index is 1.66. The predicted molar refractivity (Wildman–Crippen MR) is 170 cm³/mol. The summed E-state index contributed by atoms with van der Waals surface area (Å²) < 4.78 is 0. The van der Waals surface area contributed by atoms with Gasteiger partial charge in [-0.05, 0) is 95.6 Å². The summed E-state index contributed by atoms with van der Waals surface area (Å²) >= 11 is 0. The SMILES string of the molecule is CCCCCCCC(C1CC1)C1(C(CCCCCCC)C2CC2)c2cc(CC#N)ccc2-c2ccc(CC#N)cc21. The molecule has 0 amide bonds. The maximum Gasteiger partial charge on any atom is 0.0669 e. The average Bonchev–Trinajstić information content (AvgIpc) is 3.91. The van der Waals surface area contributed by atoms with Crippen molar-refractivity contribution in [1.29, 1.82) is 10.5 Å². The van der Waals surface area contributed by atoms with Gasteiger partial charge >= 0.3 is 0 Å². The standard InChI is InChI=1S/C39H52N2/c1-3-5-7-9-11-13-35(31-17-18-31)39(36(32-19-20-32)14-12-10-8-6-4-2)37-27-29(23-25-40)15-21-33(37)34-22-16-30(24-26-41)28-38(34)39/h15-16,21-22,27-28,31-32,35-36H,3-14,17-20,23-24H2,1-2H3. The fourth-order valence-electron chi connectivity index (χ4n) is 8.56. The molecule has 0 saturated heterocycles. The van der Waals surface area contributed by atoms with Crippen LogP contribution in [0.3, 0.4) is 0 Å². The van der Waals surface area contributed by atoms with Gasteiger partial charge in [0.05, 0.1) is 25.0 Å². The van der Waals surface area contributed by atoms with Gasteiger partial charge in [-0.1, -0.05) is 114 Å². The second kappa shape index (κ2) is 14.1. The molecule has 0 N–H and O–H groups in total. The zero-order chi connectivity index (χ0) is 28.7. The van der Waals surface area contributed by atoms with E-state index >= 15 is 0 Å². The summed E-state index contributed by atoms with van der Waals surface area (Å²) in [5.41, 5.74) is 8.29. The van der Waals surface area contributed by atoms with Gasteiger partial charge in [0.2, 0.25) is 0 Å². The van der Waals surface area contributed by atoms with Crippen LogP contribution in [0.2, 0.25) is 0 Å². The summed E-state index contributed by atoms with van der Waals surface area (Å²) in [7, 11) is 0. The Morgan fingerprint density at radius 2 is 1.05 bits per heavy atom. The molecule has 2 aromatic carbocycles. The quantitative estimate of drug-likeness (QED) is 0.174. The third kappa shape index (κ3) is 6.43. The first kappa shape index (κ1) is 29.9. The smallest absolute Gasteiger partial charge is 0.0669 e. The molecular weight excluding hydrogens is 496 g/mol. The molecule has 0 bridgehead atoms. The second-order valence-corrected chi connectivity index (χ2v) is 13.6. The summed E-state index contributed by atoms with van der Waals surface area (Å²) in [5.74, 6) is 2.92. The minimum absolute atomic E-state index is 0.0133. The van der Waals surface area contributed by atoms with Gasteiger partial charge in [0, 0.05) is 5.41 Å². The van der Waals surface area contributed by atoms with Gasteiger partial charge in [-0.3, -0.25) is 0 Å². The van der Waals surface area contributed by atoms with Crippen LogP contribution in [0.5, 0.6) is 0 Å². The highest BCUT2D eigenvalue weighted by atomic mass is 14.6.